The van der Waals surface area contributed by atoms with Crippen molar-refractivity contribution in [2.24, 2.45) is 0 Å². The molecule has 4 rings (SSSR count). The lowest BCUT2D eigenvalue weighted by Gasteiger charge is -2.01. The molecule has 0 aliphatic carbocycles. The number of aromatic nitrogens is 3. The van der Waals surface area contributed by atoms with Crippen LogP contribution in [0.1, 0.15) is 0 Å². The molecule has 2 aromatic carbocycles. The van der Waals surface area contributed by atoms with Gasteiger partial charge in [0.05, 0.1) is 23.0 Å². The molecule has 0 aliphatic rings. The quantitative estimate of drug-likeness (QED) is 0.515. The number of hydrogen-bond donors (Lipinski definition) is 0. The van der Waals surface area contributed by atoms with Crippen LogP contribution in [0.15, 0.2) is 54.6 Å². The van der Waals surface area contributed by atoms with Gasteiger partial charge in [-0.1, -0.05) is 35.9 Å². The predicted octanol–water partition coefficient (Wildman–Crippen LogP) is 5.08. The van der Waals surface area contributed by atoms with E-state index in [-0.39, 0.29) is 0 Å². The second kappa shape index (κ2) is 6.19. The van der Waals surface area contributed by atoms with E-state index < -0.39 is 0 Å². The van der Waals surface area contributed by atoms with Crippen molar-refractivity contribution in [3.8, 4) is 27.6 Å². The van der Waals surface area contributed by atoms with Gasteiger partial charge in [0.1, 0.15) is 10.8 Å². The smallest absolute Gasteiger partial charge is 0.151 e. The summed E-state index contributed by atoms with van der Waals surface area (Å²) in [7, 11) is 1.67. The number of methoxy groups -OCH3 is 1. The summed E-state index contributed by atoms with van der Waals surface area (Å²) in [5.74, 6) is 0.842. The normalized spacial score (nSPS) is 10.9. The molecule has 24 heavy (non-hydrogen) atoms. The van der Waals surface area contributed by atoms with E-state index in [0.717, 1.165) is 37.8 Å². The van der Waals surface area contributed by atoms with Crippen molar-refractivity contribution >= 4 is 33.2 Å². The van der Waals surface area contributed by atoms with Gasteiger partial charge in [-0.25, -0.2) is 4.98 Å². The van der Waals surface area contributed by atoms with E-state index in [1.807, 2.05) is 48.5 Å². The lowest BCUT2D eigenvalue weighted by Crippen LogP contribution is -1.87. The molecule has 0 N–H and O–H groups in total. The monoisotopic (exact) mass is 353 g/mol. The highest BCUT2D eigenvalue weighted by molar-refractivity contribution is 7.21. The summed E-state index contributed by atoms with van der Waals surface area (Å²) in [5.41, 5.74) is 3.83. The van der Waals surface area contributed by atoms with Crippen molar-refractivity contribution in [1.29, 1.82) is 0 Å². The van der Waals surface area contributed by atoms with Gasteiger partial charge in [-0.15, -0.1) is 21.5 Å². The van der Waals surface area contributed by atoms with Crippen LogP contribution in [0, 0.1) is 0 Å². The van der Waals surface area contributed by atoms with E-state index >= 15 is 0 Å². The Labute approximate surface area is 147 Å². The molecular formula is C18H12ClN3OS. The molecule has 4 nitrogen and oxygen atoms in total. The molecule has 118 valence electrons. The Morgan fingerprint density at radius 1 is 0.917 bits per heavy atom. The van der Waals surface area contributed by atoms with E-state index in [1.54, 1.807) is 24.5 Å². The summed E-state index contributed by atoms with van der Waals surface area (Å²) < 4.78 is 6.38. The fourth-order valence-electron chi connectivity index (χ4n) is 2.41. The zero-order chi connectivity index (χ0) is 16.5. The first-order chi connectivity index (χ1) is 11.7. The van der Waals surface area contributed by atoms with Gasteiger partial charge >= 0.3 is 0 Å². The standard InChI is InChI=1S/C18H12ClN3OS/c1-23-13-6-7-15-16(10-13)24-18(20-15)12-4-2-11(3-5-12)14-8-9-17(19)22-21-14/h2-10H,1H3. The van der Waals surface area contributed by atoms with Crippen LogP contribution in [0.3, 0.4) is 0 Å². The summed E-state index contributed by atoms with van der Waals surface area (Å²) in [5, 5.41) is 9.34. The molecule has 2 heterocycles. The highest BCUT2D eigenvalue weighted by atomic mass is 35.5. The topological polar surface area (TPSA) is 47.9 Å². The Kier molecular flexibility index (Phi) is 3.88. The molecule has 2 aromatic heterocycles. The molecule has 0 unspecified atom stereocenters. The minimum Gasteiger partial charge on any atom is -0.497 e. The van der Waals surface area contributed by atoms with Gasteiger partial charge in [0.25, 0.3) is 0 Å². The number of halogens is 1. The van der Waals surface area contributed by atoms with E-state index in [9.17, 15) is 0 Å². The molecule has 0 aliphatic heterocycles. The third-order valence-electron chi connectivity index (χ3n) is 3.66. The molecule has 6 heteroatoms. The van der Waals surface area contributed by atoms with Crippen molar-refractivity contribution in [2.75, 3.05) is 7.11 Å². The largest absolute Gasteiger partial charge is 0.497 e. The van der Waals surface area contributed by atoms with Crippen LogP contribution in [-0.2, 0) is 0 Å². The molecule has 4 aromatic rings. The summed E-state index contributed by atoms with van der Waals surface area (Å²) in [6, 6.07) is 17.6. The van der Waals surface area contributed by atoms with Crippen LogP contribution in [0.25, 0.3) is 32.0 Å². The Balaban J connectivity index is 1.68. The van der Waals surface area contributed by atoms with E-state index in [0.29, 0.717) is 5.15 Å². The molecule has 0 amide bonds. The maximum Gasteiger partial charge on any atom is 0.151 e. The Bertz CT molecular complexity index is 997. The maximum atomic E-state index is 5.78. The lowest BCUT2D eigenvalue weighted by atomic mass is 10.1. The molecule has 0 radical (unpaired) electrons. The van der Waals surface area contributed by atoms with Gasteiger partial charge in [-0.3, -0.25) is 0 Å². The first-order valence-corrected chi connectivity index (χ1v) is 8.47. The van der Waals surface area contributed by atoms with E-state index in [4.69, 9.17) is 16.3 Å². The highest BCUT2D eigenvalue weighted by Gasteiger charge is 2.08. The number of thiazole rings is 1. The molecule has 0 saturated heterocycles. The number of nitrogens with zero attached hydrogens (tertiary/aromatic N) is 3. The Hall–Kier alpha value is -2.50. The highest BCUT2D eigenvalue weighted by Crippen LogP contribution is 2.33. The first kappa shape index (κ1) is 15.1. The zero-order valence-electron chi connectivity index (χ0n) is 12.7. The van der Waals surface area contributed by atoms with E-state index in [1.165, 1.54) is 0 Å². The minimum absolute atomic E-state index is 0.389. The van der Waals surface area contributed by atoms with Gasteiger partial charge in [-0.05, 0) is 30.3 Å². The Morgan fingerprint density at radius 2 is 1.71 bits per heavy atom. The average Bonchev–Trinajstić information content (AvgIpc) is 3.05. The Morgan fingerprint density at radius 3 is 2.42 bits per heavy atom. The average molecular weight is 354 g/mol. The molecule has 0 fully saturated rings. The lowest BCUT2D eigenvalue weighted by molar-refractivity contribution is 0.415. The fraction of sp³-hybridized carbons (Fsp3) is 0.0556. The second-order valence-corrected chi connectivity index (χ2v) is 6.59. The van der Waals surface area contributed by atoms with Crippen molar-refractivity contribution in [3.05, 3.63) is 59.8 Å². The summed E-state index contributed by atoms with van der Waals surface area (Å²) >= 11 is 7.42. The number of benzene rings is 2. The van der Waals surface area contributed by atoms with Crippen molar-refractivity contribution in [1.82, 2.24) is 15.2 Å². The predicted molar refractivity (Wildman–Crippen MR) is 97.6 cm³/mol. The molecule has 0 saturated carbocycles. The number of ether oxygens (including phenoxy) is 1. The number of rotatable bonds is 3. The van der Waals surface area contributed by atoms with Crippen molar-refractivity contribution < 1.29 is 4.74 Å². The number of hydrogen-bond acceptors (Lipinski definition) is 5. The van der Waals surface area contributed by atoms with Crippen LogP contribution in [0.2, 0.25) is 5.15 Å². The third-order valence-corrected chi connectivity index (χ3v) is 4.92. The van der Waals surface area contributed by atoms with Gasteiger partial charge in [0, 0.05) is 11.1 Å². The summed E-state index contributed by atoms with van der Waals surface area (Å²) in [6.45, 7) is 0. The van der Waals surface area contributed by atoms with Crippen LogP contribution in [-0.4, -0.2) is 22.3 Å². The molecular weight excluding hydrogens is 342 g/mol. The van der Waals surface area contributed by atoms with Gasteiger partial charge in [0.2, 0.25) is 0 Å². The van der Waals surface area contributed by atoms with Crippen molar-refractivity contribution in [2.45, 2.75) is 0 Å². The van der Waals surface area contributed by atoms with E-state index in [2.05, 4.69) is 15.2 Å². The molecule has 0 bridgehead atoms. The number of fused-ring (bicyclic) bond motifs is 1. The fourth-order valence-corrected chi connectivity index (χ4v) is 3.51. The minimum atomic E-state index is 0.389. The SMILES string of the molecule is COc1ccc2nc(-c3ccc(-c4ccc(Cl)nn4)cc3)sc2c1. The zero-order valence-corrected chi connectivity index (χ0v) is 14.3. The maximum absolute atomic E-state index is 5.78. The third kappa shape index (κ3) is 2.84. The summed E-state index contributed by atoms with van der Waals surface area (Å²) in [4.78, 5) is 4.69. The second-order valence-electron chi connectivity index (χ2n) is 5.17. The van der Waals surface area contributed by atoms with Crippen LogP contribution >= 0.6 is 22.9 Å². The van der Waals surface area contributed by atoms with Crippen molar-refractivity contribution in [3.63, 3.8) is 0 Å². The van der Waals surface area contributed by atoms with Gasteiger partial charge in [0.15, 0.2) is 5.15 Å². The van der Waals surface area contributed by atoms with Crippen LogP contribution in [0.5, 0.6) is 5.75 Å². The summed E-state index contributed by atoms with van der Waals surface area (Å²) in [6.07, 6.45) is 0. The van der Waals surface area contributed by atoms with Gasteiger partial charge in [-0.2, -0.15) is 0 Å². The van der Waals surface area contributed by atoms with Crippen LogP contribution in [0.4, 0.5) is 0 Å². The van der Waals surface area contributed by atoms with Crippen LogP contribution < -0.4 is 4.74 Å². The molecule has 0 spiro atoms. The molecule has 0 atom stereocenters. The first-order valence-electron chi connectivity index (χ1n) is 7.27. The van der Waals surface area contributed by atoms with Gasteiger partial charge < -0.3 is 4.74 Å².